The molecule has 1 heterocycles. The van der Waals surface area contributed by atoms with E-state index in [4.69, 9.17) is 0 Å². The summed E-state index contributed by atoms with van der Waals surface area (Å²) in [6.07, 6.45) is 4.43. The van der Waals surface area contributed by atoms with E-state index in [2.05, 4.69) is 19.2 Å². The maximum Gasteiger partial charge on any atom is 0.225 e. The van der Waals surface area contributed by atoms with Crippen LogP contribution in [0, 0.1) is 11.8 Å². The van der Waals surface area contributed by atoms with E-state index in [0.29, 0.717) is 11.8 Å². The van der Waals surface area contributed by atoms with Crippen LogP contribution >= 0.6 is 0 Å². The number of carbonyl (C=O) groups is 1. The van der Waals surface area contributed by atoms with Gasteiger partial charge in [-0.25, -0.2) is 0 Å². The van der Waals surface area contributed by atoms with E-state index in [1.54, 1.807) is 0 Å². The van der Waals surface area contributed by atoms with E-state index in [-0.39, 0.29) is 5.92 Å². The molecule has 1 aliphatic heterocycles. The first-order chi connectivity index (χ1) is 7.69. The maximum atomic E-state index is 12.1. The second kappa shape index (κ2) is 6.89. The minimum atomic E-state index is 0.224. The predicted molar refractivity (Wildman–Crippen MR) is 67.3 cm³/mol. The van der Waals surface area contributed by atoms with Gasteiger partial charge in [0.25, 0.3) is 0 Å². The zero-order chi connectivity index (χ0) is 12.0. The minimum Gasteiger partial charge on any atom is -0.345 e. The lowest BCUT2D eigenvalue weighted by molar-refractivity contribution is -0.135. The van der Waals surface area contributed by atoms with Crippen molar-refractivity contribution < 1.29 is 4.79 Å². The Balaban J connectivity index is 2.37. The number of rotatable bonds is 5. The van der Waals surface area contributed by atoms with E-state index < -0.39 is 0 Å². The summed E-state index contributed by atoms with van der Waals surface area (Å²) in [5.74, 6) is 1.20. The highest BCUT2D eigenvalue weighted by Crippen LogP contribution is 2.15. The highest BCUT2D eigenvalue weighted by Gasteiger charge is 2.22. The number of hydrogen-bond acceptors (Lipinski definition) is 2. The molecule has 94 valence electrons. The lowest BCUT2D eigenvalue weighted by Crippen LogP contribution is -2.41. The second-order valence-corrected chi connectivity index (χ2v) is 4.94. The molecule has 16 heavy (non-hydrogen) atoms. The Bertz CT molecular complexity index is 208. The quantitative estimate of drug-likeness (QED) is 0.776. The standard InChI is InChI=1S/C13H26N2O/c1-4-12(5-2)13(16)15(3)10-11-7-6-8-14-9-11/h11-12,14H,4-10H2,1-3H3. The molecule has 1 rings (SSSR count). The second-order valence-electron chi connectivity index (χ2n) is 4.94. The highest BCUT2D eigenvalue weighted by molar-refractivity contribution is 5.78. The van der Waals surface area contributed by atoms with Gasteiger partial charge in [-0.3, -0.25) is 4.79 Å². The summed E-state index contributed by atoms with van der Waals surface area (Å²) in [6.45, 7) is 7.33. The van der Waals surface area contributed by atoms with E-state index >= 15 is 0 Å². The first-order valence-corrected chi connectivity index (χ1v) is 6.64. The Hall–Kier alpha value is -0.570. The molecule has 1 fully saturated rings. The van der Waals surface area contributed by atoms with Crippen molar-refractivity contribution in [1.82, 2.24) is 10.2 Å². The van der Waals surface area contributed by atoms with Crippen LogP contribution < -0.4 is 5.32 Å². The molecule has 0 spiro atoms. The van der Waals surface area contributed by atoms with Gasteiger partial charge >= 0.3 is 0 Å². The summed E-state index contributed by atoms with van der Waals surface area (Å²) in [7, 11) is 1.95. The van der Waals surface area contributed by atoms with Crippen molar-refractivity contribution in [3.05, 3.63) is 0 Å². The average Bonchev–Trinajstić information content (AvgIpc) is 2.31. The molecule has 1 unspecified atom stereocenters. The van der Waals surface area contributed by atoms with Gasteiger partial charge in [0.1, 0.15) is 0 Å². The molecular formula is C13H26N2O. The number of carbonyl (C=O) groups excluding carboxylic acids is 1. The van der Waals surface area contributed by atoms with E-state index in [9.17, 15) is 4.79 Å². The lowest BCUT2D eigenvalue weighted by Gasteiger charge is -2.29. The summed E-state index contributed by atoms with van der Waals surface area (Å²) >= 11 is 0. The molecule has 1 amide bonds. The van der Waals surface area contributed by atoms with E-state index in [1.807, 2.05) is 11.9 Å². The Labute approximate surface area is 99.6 Å². The molecule has 1 saturated heterocycles. The molecule has 0 aliphatic carbocycles. The van der Waals surface area contributed by atoms with Gasteiger partial charge in [0.15, 0.2) is 0 Å². The molecule has 0 radical (unpaired) electrons. The predicted octanol–water partition coefficient (Wildman–Crippen LogP) is 1.88. The third kappa shape index (κ3) is 3.78. The zero-order valence-electron chi connectivity index (χ0n) is 11.0. The Morgan fingerprint density at radius 3 is 2.62 bits per heavy atom. The molecule has 0 bridgehead atoms. The van der Waals surface area contributed by atoms with Gasteiger partial charge in [-0.15, -0.1) is 0 Å². The smallest absolute Gasteiger partial charge is 0.225 e. The summed E-state index contributed by atoms with van der Waals surface area (Å²) in [5, 5.41) is 3.40. The maximum absolute atomic E-state index is 12.1. The molecule has 3 heteroatoms. The van der Waals surface area contributed by atoms with Gasteiger partial charge in [0.05, 0.1) is 0 Å². The minimum absolute atomic E-state index is 0.224. The Morgan fingerprint density at radius 1 is 1.44 bits per heavy atom. The molecule has 1 atom stereocenters. The third-order valence-corrected chi connectivity index (χ3v) is 3.64. The SMILES string of the molecule is CCC(CC)C(=O)N(C)CC1CCCNC1. The van der Waals surface area contributed by atoms with Gasteiger partial charge in [0, 0.05) is 19.5 Å². The van der Waals surface area contributed by atoms with Crippen molar-refractivity contribution in [2.75, 3.05) is 26.7 Å². The van der Waals surface area contributed by atoms with Crippen molar-refractivity contribution in [1.29, 1.82) is 0 Å². The fourth-order valence-corrected chi connectivity index (χ4v) is 2.51. The first kappa shape index (κ1) is 13.5. The van der Waals surface area contributed by atoms with Crippen LogP contribution in [0.3, 0.4) is 0 Å². The van der Waals surface area contributed by atoms with Gasteiger partial charge in [-0.1, -0.05) is 13.8 Å². The van der Waals surface area contributed by atoms with Gasteiger partial charge in [0.2, 0.25) is 5.91 Å². The fourth-order valence-electron chi connectivity index (χ4n) is 2.51. The van der Waals surface area contributed by atoms with Crippen LogP contribution in [-0.2, 0) is 4.79 Å². The lowest BCUT2D eigenvalue weighted by atomic mass is 9.97. The molecule has 1 N–H and O–H groups in total. The summed E-state index contributed by atoms with van der Waals surface area (Å²) in [4.78, 5) is 14.0. The molecular weight excluding hydrogens is 200 g/mol. The summed E-state index contributed by atoms with van der Waals surface area (Å²) in [5.41, 5.74) is 0. The summed E-state index contributed by atoms with van der Waals surface area (Å²) < 4.78 is 0. The van der Waals surface area contributed by atoms with Gasteiger partial charge < -0.3 is 10.2 Å². The molecule has 0 saturated carbocycles. The van der Waals surface area contributed by atoms with Gasteiger partial charge in [-0.2, -0.15) is 0 Å². The van der Waals surface area contributed by atoms with Crippen LogP contribution in [-0.4, -0.2) is 37.5 Å². The number of hydrogen-bond donors (Lipinski definition) is 1. The number of amides is 1. The first-order valence-electron chi connectivity index (χ1n) is 6.64. The van der Waals surface area contributed by atoms with Crippen molar-refractivity contribution in [3.63, 3.8) is 0 Å². The van der Waals surface area contributed by atoms with E-state index in [0.717, 1.165) is 32.5 Å². The molecule has 1 aliphatic rings. The van der Waals surface area contributed by atoms with Crippen LogP contribution in [0.1, 0.15) is 39.5 Å². The summed E-state index contributed by atoms with van der Waals surface area (Å²) in [6, 6.07) is 0. The molecule has 3 nitrogen and oxygen atoms in total. The highest BCUT2D eigenvalue weighted by atomic mass is 16.2. The van der Waals surface area contributed by atoms with Crippen molar-refractivity contribution >= 4 is 5.91 Å². The number of nitrogens with one attached hydrogen (secondary N) is 1. The number of nitrogens with zero attached hydrogens (tertiary/aromatic N) is 1. The average molecular weight is 226 g/mol. The molecule has 0 aromatic carbocycles. The van der Waals surface area contributed by atoms with Crippen molar-refractivity contribution in [2.24, 2.45) is 11.8 Å². The Kier molecular flexibility index (Phi) is 5.81. The van der Waals surface area contributed by atoms with Crippen LogP contribution in [0.5, 0.6) is 0 Å². The monoisotopic (exact) mass is 226 g/mol. The number of piperidine rings is 1. The van der Waals surface area contributed by atoms with Crippen molar-refractivity contribution in [2.45, 2.75) is 39.5 Å². The van der Waals surface area contributed by atoms with Crippen LogP contribution in [0.2, 0.25) is 0 Å². The van der Waals surface area contributed by atoms with Crippen molar-refractivity contribution in [3.8, 4) is 0 Å². The van der Waals surface area contributed by atoms with Crippen LogP contribution in [0.4, 0.5) is 0 Å². The Morgan fingerprint density at radius 2 is 2.12 bits per heavy atom. The zero-order valence-corrected chi connectivity index (χ0v) is 11.0. The van der Waals surface area contributed by atoms with Gasteiger partial charge in [-0.05, 0) is 44.7 Å². The topological polar surface area (TPSA) is 32.3 Å². The molecule has 0 aromatic heterocycles. The normalized spacial score (nSPS) is 21.1. The third-order valence-electron chi connectivity index (χ3n) is 3.64. The largest absolute Gasteiger partial charge is 0.345 e. The molecule has 0 aromatic rings. The fraction of sp³-hybridized carbons (Fsp3) is 0.923. The van der Waals surface area contributed by atoms with Crippen LogP contribution in [0.25, 0.3) is 0 Å². The van der Waals surface area contributed by atoms with Crippen LogP contribution in [0.15, 0.2) is 0 Å². The van der Waals surface area contributed by atoms with E-state index in [1.165, 1.54) is 12.8 Å².